The quantitative estimate of drug-likeness (QED) is 0.817. The fourth-order valence-corrected chi connectivity index (χ4v) is 4.01. The Morgan fingerprint density at radius 2 is 1.89 bits per heavy atom. The molecule has 2 saturated heterocycles. The van der Waals surface area contributed by atoms with Gasteiger partial charge in [0.1, 0.15) is 5.82 Å². The largest absolute Gasteiger partial charge is 0.395 e. The molecular formula is C21H28N4O2. The molecule has 2 aromatic rings. The number of anilines is 2. The van der Waals surface area contributed by atoms with E-state index in [1.54, 1.807) is 0 Å². The Morgan fingerprint density at radius 3 is 2.59 bits per heavy atom. The van der Waals surface area contributed by atoms with Crippen molar-refractivity contribution >= 4 is 11.8 Å². The molecule has 1 unspecified atom stereocenters. The highest BCUT2D eigenvalue weighted by Gasteiger charge is 2.25. The second-order valence-electron chi connectivity index (χ2n) is 7.36. The fraction of sp³-hybridized carbons (Fsp3) is 0.524. The molecule has 2 fully saturated rings. The van der Waals surface area contributed by atoms with Crippen molar-refractivity contribution in [3.8, 4) is 0 Å². The predicted octanol–water partition coefficient (Wildman–Crippen LogP) is 2.77. The van der Waals surface area contributed by atoms with Gasteiger partial charge < -0.3 is 20.1 Å². The summed E-state index contributed by atoms with van der Waals surface area (Å²) < 4.78 is 5.55. The van der Waals surface area contributed by atoms with Gasteiger partial charge in [-0.1, -0.05) is 30.3 Å². The van der Waals surface area contributed by atoms with Crippen molar-refractivity contribution in [2.45, 2.75) is 31.1 Å². The highest BCUT2D eigenvalue weighted by molar-refractivity contribution is 5.46. The van der Waals surface area contributed by atoms with Gasteiger partial charge in [0, 0.05) is 38.2 Å². The van der Waals surface area contributed by atoms with E-state index >= 15 is 0 Å². The maximum atomic E-state index is 9.12. The summed E-state index contributed by atoms with van der Waals surface area (Å²) in [6.45, 7) is 4.04. The van der Waals surface area contributed by atoms with Crippen LogP contribution in [-0.4, -0.2) is 54.5 Å². The lowest BCUT2D eigenvalue weighted by atomic mass is 9.89. The molecule has 1 aromatic carbocycles. The number of rotatable bonds is 6. The molecule has 2 N–H and O–H groups in total. The van der Waals surface area contributed by atoms with Crippen LogP contribution in [0.3, 0.4) is 0 Å². The molecule has 1 aromatic heterocycles. The van der Waals surface area contributed by atoms with Gasteiger partial charge in [-0.25, -0.2) is 4.98 Å². The molecule has 6 nitrogen and oxygen atoms in total. The van der Waals surface area contributed by atoms with Crippen LogP contribution in [0.1, 0.15) is 42.4 Å². The second kappa shape index (κ2) is 8.67. The van der Waals surface area contributed by atoms with Crippen LogP contribution in [0.25, 0.3) is 0 Å². The van der Waals surface area contributed by atoms with Gasteiger partial charge in [-0.15, -0.1) is 0 Å². The van der Waals surface area contributed by atoms with Gasteiger partial charge in [-0.2, -0.15) is 4.98 Å². The zero-order valence-electron chi connectivity index (χ0n) is 15.7. The standard InChI is InChI=1S/C21H28N4O2/c26-12-9-22-21-23-19(18-8-13-27-15-18)14-20(24-21)25-10-6-17(7-11-25)16-4-2-1-3-5-16/h1-5,14,17-18,26H,6-13,15H2,(H,22,23,24). The van der Waals surface area contributed by atoms with Crippen molar-refractivity contribution in [1.82, 2.24) is 9.97 Å². The van der Waals surface area contributed by atoms with E-state index in [9.17, 15) is 0 Å². The minimum Gasteiger partial charge on any atom is -0.395 e. The van der Waals surface area contributed by atoms with Crippen LogP contribution >= 0.6 is 0 Å². The summed E-state index contributed by atoms with van der Waals surface area (Å²) in [5, 5.41) is 12.2. The summed E-state index contributed by atoms with van der Waals surface area (Å²) in [5.74, 6) is 2.55. The first-order valence-electron chi connectivity index (χ1n) is 9.95. The molecule has 2 aliphatic heterocycles. The SMILES string of the molecule is OCCNc1nc(C2CCOC2)cc(N2CCC(c3ccccc3)CC2)n1. The van der Waals surface area contributed by atoms with E-state index in [-0.39, 0.29) is 6.61 Å². The molecular weight excluding hydrogens is 340 g/mol. The minimum atomic E-state index is 0.0674. The van der Waals surface area contributed by atoms with Crippen LogP contribution in [0.15, 0.2) is 36.4 Å². The van der Waals surface area contributed by atoms with E-state index in [0.29, 0.717) is 24.3 Å². The third-order valence-corrected chi connectivity index (χ3v) is 5.57. The molecule has 4 rings (SSSR count). The summed E-state index contributed by atoms with van der Waals surface area (Å²) >= 11 is 0. The molecule has 144 valence electrons. The number of aliphatic hydroxyl groups is 1. The average Bonchev–Trinajstić information content (AvgIpc) is 3.28. The molecule has 3 heterocycles. The van der Waals surface area contributed by atoms with Crippen molar-refractivity contribution in [1.29, 1.82) is 0 Å². The molecule has 0 saturated carbocycles. The Hall–Kier alpha value is -2.18. The molecule has 2 aliphatic rings. The molecule has 27 heavy (non-hydrogen) atoms. The number of aliphatic hydroxyl groups excluding tert-OH is 1. The van der Waals surface area contributed by atoms with Crippen molar-refractivity contribution < 1.29 is 9.84 Å². The zero-order valence-corrected chi connectivity index (χ0v) is 15.7. The van der Waals surface area contributed by atoms with Gasteiger partial charge >= 0.3 is 0 Å². The van der Waals surface area contributed by atoms with Crippen LogP contribution < -0.4 is 10.2 Å². The predicted molar refractivity (Wildman–Crippen MR) is 106 cm³/mol. The van der Waals surface area contributed by atoms with Crippen LogP contribution in [0.4, 0.5) is 11.8 Å². The molecule has 6 heteroatoms. The third kappa shape index (κ3) is 4.39. The van der Waals surface area contributed by atoms with Crippen LogP contribution in [0.5, 0.6) is 0 Å². The van der Waals surface area contributed by atoms with Gasteiger partial charge in [0.15, 0.2) is 0 Å². The van der Waals surface area contributed by atoms with Crippen LogP contribution in [0, 0.1) is 0 Å². The van der Waals surface area contributed by atoms with Crippen molar-refractivity contribution in [2.75, 3.05) is 49.7 Å². The first-order chi connectivity index (χ1) is 13.3. The first-order valence-corrected chi connectivity index (χ1v) is 9.95. The number of benzene rings is 1. The van der Waals surface area contributed by atoms with Gasteiger partial charge in [-0.05, 0) is 30.7 Å². The van der Waals surface area contributed by atoms with Gasteiger partial charge in [0.2, 0.25) is 5.95 Å². The van der Waals surface area contributed by atoms with Gasteiger partial charge in [0.25, 0.3) is 0 Å². The van der Waals surface area contributed by atoms with Crippen molar-refractivity contribution in [3.63, 3.8) is 0 Å². The monoisotopic (exact) mass is 368 g/mol. The molecule has 0 aliphatic carbocycles. The summed E-state index contributed by atoms with van der Waals surface area (Å²) in [5.41, 5.74) is 2.48. The Bertz CT molecular complexity index is 726. The normalized spacial score (nSPS) is 20.8. The number of hydrogen-bond acceptors (Lipinski definition) is 6. The van der Waals surface area contributed by atoms with Crippen molar-refractivity contribution in [3.05, 3.63) is 47.7 Å². The van der Waals surface area contributed by atoms with E-state index in [1.807, 2.05) is 0 Å². The average molecular weight is 368 g/mol. The van der Waals surface area contributed by atoms with Gasteiger partial charge in [0.05, 0.1) is 18.9 Å². The van der Waals surface area contributed by atoms with E-state index < -0.39 is 0 Å². The number of hydrogen-bond donors (Lipinski definition) is 2. The van der Waals surface area contributed by atoms with Crippen LogP contribution in [0.2, 0.25) is 0 Å². The minimum absolute atomic E-state index is 0.0674. The Morgan fingerprint density at radius 1 is 1.07 bits per heavy atom. The summed E-state index contributed by atoms with van der Waals surface area (Å²) in [6, 6.07) is 12.9. The van der Waals surface area contributed by atoms with Crippen molar-refractivity contribution in [2.24, 2.45) is 0 Å². The van der Waals surface area contributed by atoms with Gasteiger partial charge in [-0.3, -0.25) is 0 Å². The lowest BCUT2D eigenvalue weighted by Crippen LogP contribution is -2.34. The third-order valence-electron chi connectivity index (χ3n) is 5.57. The second-order valence-corrected chi connectivity index (χ2v) is 7.36. The number of piperidine rings is 1. The number of nitrogens with zero attached hydrogens (tertiary/aromatic N) is 3. The fourth-order valence-electron chi connectivity index (χ4n) is 4.01. The topological polar surface area (TPSA) is 70.5 Å². The number of ether oxygens (including phenoxy) is 1. The number of nitrogens with one attached hydrogen (secondary N) is 1. The Balaban J connectivity index is 1.49. The van der Waals surface area contributed by atoms with E-state index in [0.717, 1.165) is 57.1 Å². The molecule has 1 atom stereocenters. The van der Waals surface area contributed by atoms with E-state index in [1.165, 1.54) is 5.56 Å². The zero-order chi connectivity index (χ0) is 18.5. The number of aromatic nitrogens is 2. The lowest BCUT2D eigenvalue weighted by molar-refractivity contribution is 0.193. The maximum Gasteiger partial charge on any atom is 0.224 e. The smallest absolute Gasteiger partial charge is 0.224 e. The van der Waals surface area contributed by atoms with Crippen LogP contribution in [-0.2, 0) is 4.74 Å². The summed E-state index contributed by atoms with van der Waals surface area (Å²) in [4.78, 5) is 11.8. The summed E-state index contributed by atoms with van der Waals surface area (Å²) in [7, 11) is 0. The molecule has 0 spiro atoms. The molecule has 0 bridgehead atoms. The Labute approximate surface area is 160 Å². The summed E-state index contributed by atoms with van der Waals surface area (Å²) in [6.07, 6.45) is 3.27. The molecule has 0 amide bonds. The Kier molecular flexibility index (Phi) is 5.84. The molecule has 0 radical (unpaired) electrons. The highest BCUT2D eigenvalue weighted by Crippen LogP contribution is 2.32. The first kappa shape index (κ1) is 18.2. The maximum absolute atomic E-state index is 9.12. The van der Waals surface area contributed by atoms with E-state index in [2.05, 4.69) is 51.6 Å². The lowest BCUT2D eigenvalue weighted by Gasteiger charge is -2.33. The van der Waals surface area contributed by atoms with E-state index in [4.69, 9.17) is 14.8 Å². The highest BCUT2D eigenvalue weighted by atomic mass is 16.5.